The molecule has 9 heteroatoms. The number of hydrogen-bond acceptors (Lipinski definition) is 7. The molecule has 1 heterocycles. The molecule has 0 aliphatic rings. The number of rotatable bonds is 4. The fraction of sp³-hybridized carbons (Fsp3) is 0.188. The number of nitrogen functional groups attached to an aromatic ring is 1. The number of esters is 2. The summed E-state index contributed by atoms with van der Waals surface area (Å²) in [6, 6.07) is 4.90. The van der Waals surface area contributed by atoms with E-state index in [0.717, 1.165) is 0 Å². The third kappa shape index (κ3) is 3.16. The molecule has 0 saturated heterocycles. The molecule has 0 fully saturated rings. The Balaban J connectivity index is 2.88. The van der Waals surface area contributed by atoms with Gasteiger partial charge >= 0.3 is 11.9 Å². The quantitative estimate of drug-likeness (QED) is 0.772. The largest absolute Gasteiger partial charge is 0.495 e. The molecule has 0 atom stereocenters. The highest BCUT2D eigenvalue weighted by Crippen LogP contribution is 2.34. The summed E-state index contributed by atoms with van der Waals surface area (Å²) >= 11 is 3.30. The Morgan fingerprint density at radius 1 is 1.20 bits per heavy atom. The highest BCUT2D eigenvalue weighted by atomic mass is 79.9. The van der Waals surface area contributed by atoms with Crippen LogP contribution in [0.2, 0.25) is 0 Å². The summed E-state index contributed by atoms with van der Waals surface area (Å²) in [7, 11) is 3.87. The van der Waals surface area contributed by atoms with Crippen LogP contribution in [0.3, 0.4) is 0 Å². The second-order valence-corrected chi connectivity index (χ2v) is 5.63. The number of halogens is 1. The number of nitriles is 1. The van der Waals surface area contributed by atoms with Crippen molar-refractivity contribution in [1.82, 2.24) is 4.57 Å². The number of hydrogen-bond donors (Lipinski definition) is 1. The van der Waals surface area contributed by atoms with E-state index in [2.05, 4.69) is 15.9 Å². The molecule has 2 N–H and O–H groups in total. The first-order chi connectivity index (χ1) is 11.9. The Morgan fingerprint density at radius 3 is 2.36 bits per heavy atom. The summed E-state index contributed by atoms with van der Waals surface area (Å²) in [5.41, 5.74) is 6.22. The van der Waals surface area contributed by atoms with Crippen molar-refractivity contribution in [3.8, 4) is 17.5 Å². The molecule has 1 aromatic heterocycles. The van der Waals surface area contributed by atoms with Crippen molar-refractivity contribution in [2.45, 2.75) is 0 Å². The topological polar surface area (TPSA) is 117 Å². The van der Waals surface area contributed by atoms with Crippen LogP contribution >= 0.6 is 15.9 Å². The van der Waals surface area contributed by atoms with Crippen LogP contribution < -0.4 is 10.5 Å². The molecule has 0 saturated carbocycles. The minimum atomic E-state index is -0.753. The van der Waals surface area contributed by atoms with Gasteiger partial charge in [-0.3, -0.25) is 0 Å². The van der Waals surface area contributed by atoms with Gasteiger partial charge in [0.15, 0.2) is 5.69 Å². The number of ether oxygens (including phenoxy) is 3. The van der Waals surface area contributed by atoms with Gasteiger partial charge in [0.2, 0.25) is 0 Å². The molecule has 2 rings (SSSR count). The molecule has 0 aliphatic carbocycles. The second kappa shape index (κ2) is 7.27. The molecular formula is C16H14BrN3O5. The van der Waals surface area contributed by atoms with Gasteiger partial charge in [-0.05, 0) is 22.0 Å². The Hall–Kier alpha value is -2.99. The van der Waals surface area contributed by atoms with Crippen LogP contribution in [0.1, 0.15) is 26.4 Å². The Labute approximate surface area is 151 Å². The molecule has 0 radical (unpaired) electrons. The lowest BCUT2D eigenvalue weighted by Crippen LogP contribution is -2.14. The zero-order valence-corrected chi connectivity index (χ0v) is 15.2. The molecule has 8 nitrogen and oxygen atoms in total. The molecule has 0 bridgehead atoms. The van der Waals surface area contributed by atoms with Crippen molar-refractivity contribution in [3.63, 3.8) is 0 Å². The van der Waals surface area contributed by atoms with E-state index in [1.807, 2.05) is 6.07 Å². The molecule has 0 spiro atoms. The normalized spacial score (nSPS) is 10.0. The summed E-state index contributed by atoms with van der Waals surface area (Å²) in [5, 5.41) is 9.21. The Kier molecular flexibility index (Phi) is 5.34. The van der Waals surface area contributed by atoms with Crippen LogP contribution in [0.25, 0.3) is 5.69 Å². The van der Waals surface area contributed by atoms with E-state index in [1.54, 1.807) is 0 Å². The molecule has 2 aromatic rings. The molecule has 0 amide bonds. The molecule has 25 heavy (non-hydrogen) atoms. The van der Waals surface area contributed by atoms with Gasteiger partial charge in [-0.25, -0.2) is 9.59 Å². The summed E-state index contributed by atoms with van der Waals surface area (Å²) in [4.78, 5) is 24.3. The average molecular weight is 408 g/mol. The van der Waals surface area contributed by atoms with Crippen molar-refractivity contribution in [2.24, 2.45) is 0 Å². The van der Waals surface area contributed by atoms with Crippen LogP contribution in [0.5, 0.6) is 5.75 Å². The molecule has 0 aliphatic heterocycles. The van der Waals surface area contributed by atoms with E-state index in [4.69, 9.17) is 19.9 Å². The van der Waals surface area contributed by atoms with Gasteiger partial charge in [-0.2, -0.15) is 5.26 Å². The summed E-state index contributed by atoms with van der Waals surface area (Å²) in [5.74, 6) is -0.985. The van der Waals surface area contributed by atoms with Crippen molar-refractivity contribution < 1.29 is 23.8 Å². The maximum atomic E-state index is 12.2. The van der Waals surface area contributed by atoms with Crippen molar-refractivity contribution in [3.05, 3.63) is 39.6 Å². The first kappa shape index (κ1) is 18.4. The van der Waals surface area contributed by atoms with Gasteiger partial charge in [0, 0.05) is 12.3 Å². The number of carbonyl (C=O) groups is 2. The number of aromatic nitrogens is 1. The maximum Gasteiger partial charge on any atom is 0.357 e. The first-order valence-electron chi connectivity index (χ1n) is 6.85. The van der Waals surface area contributed by atoms with E-state index in [0.29, 0.717) is 10.2 Å². The average Bonchev–Trinajstić information content (AvgIpc) is 2.96. The van der Waals surface area contributed by atoms with Gasteiger partial charge in [-0.15, -0.1) is 0 Å². The van der Waals surface area contributed by atoms with Crippen LogP contribution in [-0.4, -0.2) is 37.8 Å². The number of methoxy groups -OCH3 is 3. The fourth-order valence-corrected chi connectivity index (χ4v) is 2.78. The van der Waals surface area contributed by atoms with Crippen LogP contribution in [-0.2, 0) is 9.47 Å². The zero-order valence-electron chi connectivity index (χ0n) is 13.6. The van der Waals surface area contributed by atoms with Crippen molar-refractivity contribution in [2.75, 3.05) is 27.1 Å². The molecule has 1 aromatic carbocycles. The lowest BCUT2D eigenvalue weighted by molar-refractivity contribution is 0.0581. The third-order valence-corrected chi connectivity index (χ3v) is 4.10. The number of benzene rings is 1. The molecule has 130 valence electrons. The number of carbonyl (C=O) groups excluding carboxylic acids is 2. The number of anilines is 1. The molecule has 0 unspecified atom stereocenters. The maximum absolute atomic E-state index is 12.2. The summed E-state index contributed by atoms with van der Waals surface area (Å²) in [6.45, 7) is 0. The van der Waals surface area contributed by atoms with E-state index >= 15 is 0 Å². The molecular weight excluding hydrogens is 394 g/mol. The minimum Gasteiger partial charge on any atom is -0.495 e. The standard InChI is InChI=1S/C16H14BrN3O5/c1-23-12-5-11(9(4-10(12)17)15(21)24-2)20-7-8(6-18)13(19)14(20)16(22)25-3/h4-5,7H,19H2,1-3H3. The lowest BCUT2D eigenvalue weighted by atomic mass is 10.1. The van der Waals surface area contributed by atoms with E-state index in [1.165, 1.54) is 44.2 Å². The smallest absolute Gasteiger partial charge is 0.357 e. The van der Waals surface area contributed by atoms with Gasteiger partial charge in [0.05, 0.1) is 48.3 Å². The van der Waals surface area contributed by atoms with Gasteiger partial charge in [0.1, 0.15) is 11.8 Å². The third-order valence-electron chi connectivity index (χ3n) is 3.48. The summed E-state index contributed by atoms with van der Waals surface area (Å²) in [6.07, 6.45) is 1.34. The first-order valence-corrected chi connectivity index (χ1v) is 7.64. The monoisotopic (exact) mass is 407 g/mol. The van der Waals surface area contributed by atoms with Gasteiger partial charge in [-0.1, -0.05) is 0 Å². The van der Waals surface area contributed by atoms with Gasteiger partial charge in [0.25, 0.3) is 0 Å². The van der Waals surface area contributed by atoms with Crippen LogP contribution in [0.4, 0.5) is 5.69 Å². The van der Waals surface area contributed by atoms with Crippen molar-refractivity contribution in [1.29, 1.82) is 5.26 Å². The van der Waals surface area contributed by atoms with Crippen LogP contribution in [0.15, 0.2) is 22.8 Å². The summed E-state index contributed by atoms with van der Waals surface area (Å²) < 4.78 is 16.6. The minimum absolute atomic E-state index is 0.0490. The second-order valence-electron chi connectivity index (χ2n) is 4.77. The zero-order chi connectivity index (χ0) is 18.7. The highest BCUT2D eigenvalue weighted by molar-refractivity contribution is 9.10. The predicted octanol–water partition coefficient (Wildman–Crippen LogP) is 2.28. The van der Waals surface area contributed by atoms with Crippen molar-refractivity contribution >= 4 is 33.6 Å². The van der Waals surface area contributed by atoms with E-state index in [-0.39, 0.29) is 28.2 Å². The van der Waals surface area contributed by atoms with Gasteiger partial charge < -0.3 is 24.5 Å². The number of nitrogens with two attached hydrogens (primary N) is 1. The van der Waals surface area contributed by atoms with E-state index in [9.17, 15) is 14.9 Å². The predicted molar refractivity (Wildman–Crippen MR) is 91.8 cm³/mol. The fourth-order valence-electron chi connectivity index (χ4n) is 2.28. The SMILES string of the molecule is COC(=O)c1cc(Br)c(OC)cc1-n1cc(C#N)c(N)c1C(=O)OC. The Bertz CT molecular complexity index is 898. The lowest BCUT2D eigenvalue weighted by Gasteiger charge is -2.15. The number of nitrogens with zero attached hydrogens (tertiary/aromatic N) is 2. The van der Waals surface area contributed by atoms with Crippen LogP contribution in [0, 0.1) is 11.3 Å². The Morgan fingerprint density at radius 2 is 1.84 bits per heavy atom. The van der Waals surface area contributed by atoms with E-state index < -0.39 is 11.9 Å². The highest BCUT2D eigenvalue weighted by Gasteiger charge is 2.26.